The summed E-state index contributed by atoms with van der Waals surface area (Å²) < 4.78 is 0. The molecule has 4 nitrogen and oxygen atoms in total. The number of nitrogens with one attached hydrogen (secondary N) is 2. The van der Waals surface area contributed by atoms with E-state index >= 15 is 0 Å². The Balaban J connectivity index is 1.26. The van der Waals surface area contributed by atoms with Crippen molar-refractivity contribution in [3.8, 4) is 0 Å². The van der Waals surface area contributed by atoms with E-state index in [1.54, 1.807) is 0 Å². The molecule has 0 spiro atoms. The van der Waals surface area contributed by atoms with Crippen LogP contribution in [0.5, 0.6) is 0 Å². The molecule has 2 aromatic rings. The number of para-hydroxylation sites is 2. The van der Waals surface area contributed by atoms with Gasteiger partial charge in [-0.2, -0.15) is 0 Å². The molecule has 2 bridgehead atoms. The third-order valence-corrected chi connectivity index (χ3v) is 5.01. The number of benzene rings is 1. The molecule has 3 atom stereocenters. The first-order chi connectivity index (χ1) is 10.8. The first kappa shape index (κ1) is 13.6. The smallest absolute Gasteiger partial charge is 0.220 e. The zero-order chi connectivity index (χ0) is 14.9. The Labute approximate surface area is 130 Å². The quantitative estimate of drug-likeness (QED) is 0.833. The topological polar surface area (TPSA) is 57.8 Å². The Morgan fingerprint density at radius 3 is 2.95 bits per heavy atom. The van der Waals surface area contributed by atoms with E-state index in [9.17, 15) is 4.79 Å². The van der Waals surface area contributed by atoms with Crippen LogP contribution in [0.3, 0.4) is 0 Å². The van der Waals surface area contributed by atoms with Gasteiger partial charge >= 0.3 is 0 Å². The van der Waals surface area contributed by atoms with Crippen LogP contribution in [0, 0.1) is 17.8 Å². The predicted molar refractivity (Wildman–Crippen MR) is 86.3 cm³/mol. The Hall–Kier alpha value is -2.10. The van der Waals surface area contributed by atoms with E-state index in [0.717, 1.165) is 29.3 Å². The third kappa shape index (κ3) is 2.65. The van der Waals surface area contributed by atoms with E-state index < -0.39 is 0 Å². The van der Waals surface area contributed by atoms with E-state index in [1.165, 1.54) is 12.8 Å². The number of rotatable bonds is 5. The molecular formula is C18H21N3O. The van der Waals surface area contributed by atoms with Gasteiger partial charge in [-0.15, -0.1) is 0 Å². The number of nitrogens with zero attached hydrogens (tertiary/aromatic N) is 1. The van der Waals surface area contributed by atoms with Crippen LogP contribution in [0.1, 0.15) is 25.1 Å². The van der Waals surface area contributed by atoms with Crippen LogP contribution in [0.2, 0.25) is 0 Å². The molecule has 2 N–H and O–H groups in total. The number of aryl methyl sites for hydroxylation is 1. The average molecular weight is 295 g/mol. The number of imidazole rings is 1. The zero-order valence-electron chi connectivity index (χ0n) is 12.6. The molecule has 0 saturated heterocycles. The van der Waals surface area contributed by atoms with Crippen LogP contribution < -0.4 is 5.32 Å². The normalized spacial score (nSPS) is 25.9. The number of carbonyl (C=O) groups is 1. The van der Waals surface area contributed by atoms with E-state index in [0.29, 0.717) is 24.7 Å². The lowest BCUT2D eigenvalue weighted by Crippen LogP contribution is -2.31. The van der Waals surface area contributed by atoms with Crippen molar-refractivity contribution in [3.05, 3.63) is 42.2 Å². The number of allylic oxidation sites excluding steroid dienone is 2. The first-order valence-electron chi connectivity index (χ1n) is 8.16. The molecule has 1 aromatic carbocycles. The van der Waals surface area contributed by atoms with Crippen LogP contribution >= 0.6 is 0 Å². The fraction of sp³-hybridized carbons (Fsp3) is 0.444. The summed E-state index contributed by atoms with van der Waals surface area (Å²) in [6, 6.07) is 7.96. The van der Waals surface area contributed by atoms with E-state index in [4.69, 9.17) is 0 Å². The molecule has 2 aliphatic rings. The second-order valence-electron chi connectivity index (χ2n) is 6.55. The largest absolute Gasteiger partial charge is 0.356 e. The molecule has 1 heterocycles. The molecule has 2 aliphatic carbocycles. The Bertz CT molecular complexity index is 685. The Kier molecular flexibility index (Phi) is 3.45. The maximum Gasteiger partial charge on any atom is 0.220 e. The van der Waals surface area contributed by atoms with Crippen molar-refractivity contribution in [1.29, 1.82) is 0 Å². The number of fused-ring (bicyclic) bond motifs is 3. The van der Waals surface area contributed by atoms with Gasteiger partial charge in [0.15, 0.2) is 0 Å². The second kappa shape index (κ2) is 5.59. The minimum Gasteiger partial charge on any atom is -0.356 e. The van der Waals surface area contributed by atoms with Gasteiger partial charge in [0, 0.05) is 19.4 Å². The highest BCUT2D eigenvalue weighted by Gasteiger charge is 2.35. The SMILES string of the molecule is O=C(CCc1nc2ccccc2[nH]1)NC[C@H]1C[C@@H]2C=C[C@H]1C2. The van der Waals surface area contributed by atoms with Crippen molar-refractivity contribution >= 4 is 16.9 Å². The summed E-state index contributed by atoms with van der Waals surface area (Å²) in [5.74, 6) is 3.12. The van der Waals surface area contributed by atoms with E-state index in [2.05, 4.69) is 27.4 Å². The summed E-state index contributed by atoms with van der Waals surface area (Å²) >= 11 is 0. The van der Waals surface area contributed by atoms with Crippen LogP contribution in [0.4, 0.5) is 0 Å². The summed E-state index contributed by atoms with van der Waals surface area (Å²) in [6.45, 7) is 0.824. The maximum absolute atomic E-state index is 12.0. The fourth-order valence-electron chi connectivity index (χ4n) is 3.82. The molecule has 1 saturated carbocycles. The highest BCUT2D eigenvalue weighted by molar-refractivity contribution is 5.77. The van der Waals surface area contributed by atoms with Crippen LogP contribution in [-0.2, 0) is 11.2 Å². The average Bonchev–Trinajstić information content (AvgIpc) is 3.24. The van der Waals surface area contributed by atoms with Gasteiger partial charge in [0.1, 0.15) is 5.82 Å². The van der Waals surface area contributed by atoms with Gasteiger partial charge in [-0.05, 0) is 42.7 Å². The van der Waals surface area contributed by atoms with Gasteiger partial charge < -0.3 is 10.3 Å². The fourth-order valence-corrected chi connectivity index (χ4v) is 3.82. The van der Waals surface area contributed by atoms with Crippen molar-refractivity contribution in [1.82, 2.24) is 15.3 Å². The van der Waals surface area contributed by atoms with Gasteiger partial charge in [0.2, 0.25) is 5.91 Å². The van der Waals surface area contributed by atoms with Crippen molar-refractivity contribution in [3.63, 3.8) is 0 Å². The van der Waals surface area contributed by atoms with E-state index in [1.807, 2.05) is 24.3 Å². The number of aromatic nitrogens is 2. The molecule has 4 heteroatoms. The van der Waals surface area contributed by atoms with Crippen LogP contribution in [-0.4, -0.2) is 22.4 Å². The van der Waals surface area contributed by atoms with Gasteiger partial charge in [0.05, 0.1) is 11.0 Å². The predicted octanol–water partition coefficient (Wildman–Crippen LogP) is 2.82. The summed E-state index contributed by atoms with van der Waals surface area (Å²) in [4.78, 5) is 19.8. The number of hydrogen-bond acceptors (Lipinski definition) is 2. The Morgan fingerprint density at radius 2 is 2.18 bits per heavy atom. The summed E-state index contributed by atoms with van der Waals surface area (Å²) in [7, 11) is 0. The summed E-state index contributed by atoms with van der Waals surface area (Å²) in [5.41, 5.74) is 2.00. The summed E-state index contributed by atoms with van der Waals surface area (Å²) in [6.07, 6.45) is 8.36. The Morgan fingerprint density at radius 1 is 1.27 bits per heavy atom. The lowest BCUT2D eigenvalue weighted by Gasteiger charge is -2.18. The zero-order valence-corrected chi connectivity index (χ0v) is 12.6. The summed E-state index contributed by atoms with van der Waals surface area (Å²) in [5, 5.41) is 3.10. The van der Waals surface area contributed by atoms with Crippen molar-refractivity contribution in [2.75, 3.05) is 6.54 Å². The lowest BCUT2D eigenvalue weighted by atomic mass is 9.93. The van der Waals surface area contributed by atoms with Gasteiger partial charge in [-0.3, -0.25) is 4.79 Å². The molecule has 1 aromatic heterocycles. The van der Waals surface area contributed by atoms with Crippen LogP contribution in [0.15, 0.2) is 36.4 Å². The molecule has 0 unspecified atom stereocenters. The van der Waals surface area contributed by atoms with E-state index in [-0.39, 0.29) is 5.91 Å². The number of carbonyl (C=O) groups excluding carboxylic acids is 1. The number of amides is 1. The highest BCUT2D eigenvalue weighted by Crippen LogP contribution is 2.42. The molecule has 22 heavy (non-hydrogen) atoms. The molecule has 0 radical (unpaired) electrons. The van der Waals surface area contributed by atoms with Gasteiger partial charge in [-0.1, -0.05) is 24.3 Å². The highest BCUT2D eigenvalue weighted by atomic mass is 16.1. The van der Waals surface area contributed by atoms with Crippen molar-refractivity contribution in [2.45, 2.75) is 25.7 Å². The monoisotopic (exact) mass is 295 g/mol. The molecular weight excluding hydrogens is 274 g/mol. The molecule has 114 valence electrons. The molecule has 0 aliphatic heterocycles. The van der Waals surface area contributed by atoms with Gasteiger partial charge in [-0.25, -0.2) is 4.98 Å². The number of H-pyrrole nitrogens is 1. The van der Waals surface area contributed by atoms with Gasteiger partial charge in [0.25, 0.3) is 0 Å². The molecule has 1 amide bonds. The number of aromatic amines is 1. The maximum atomic E-state index is 12.0. The minimum atomic E-state index is 0.132. The number of hydrogen-bond donors (Lipinski definition) is 2. The van der Waals surface area contributed by atoms with Crippen molar-refractivity contribution in [2.24, 2.45) is 17.8 Å². The second-order valence-corrected chi connectivity index (χ2v) is 6.55. The van der Waals surface area contributed by atoms with Crippen LogP contribution in [0.25, 0.3) is 11.0 Å². The third-order valence-electron chi connectivity index (χ3n) is 5.01. The molecule has 4 rings (SSSR count). The minimum absolute atomic E-state index is 0.132. The lowest BCUT2D eigenvalue weighted by molar-refractivity contribution is -0.121. The van der Waals surface area contributed by atoms with Crippen molar-refractivity contribution < 1.29 is 4.79 Å². The first-order valence-corrected chi connectivity index (χ1v) is 8.16. The molecule has 1 fully saturated rings. The standard InChI is InChI=1S/C18H21N3O/c22-18(19-11-14-10-12-5-6-13(14)9-12)8-7-17-20-15-3-1-2-4-16(15)21-17/h1-6,12-14H,7-11H2,(H,19,22)(H,20,21)/t12-,13+,14-/m1/s1.